The van der Waals surface area contributed by atoms with E-state index in [1.165, 1.54) is 33.3 Å². The third kappa shape index (κ3) is 3.54. The fraction of sp³-hybridized carbons (Fsp3) is 0.304. The lowest BCUT2D eigenvalue weighted by molar-refractivity contribution is 0.351. The van der Waals surface area contributed by atoms with Gasteiger partial charge in [0, 0.05) is 36.8 Å². The maximum Gasteiger partial charge on any atom is 0.0598 e. The molecule has 2 nitrogen and oxygen atoms in total. The zero-order valence-corrected chi connectivity index (χ0v) is 17.5. The average Bonchev–Trinajstić information content (AvgIpc) is 2.78. The standard InChI is InChI=1S/C23H24Cl2N2/c1-15-4-7-22-19(12-15)18-8-10-26(3)11-9-23(18)27(22)14-16(2)17-5-6-20(24)21(25)13-17/h4-7,12-14H,8-11H2,1-3H3. The summed E-state index contributed by atoms with van der Waals surface area (Å²) in [5.41, 5.74) is 7.79. The van der Waals surface area contributed by atoms with E-state index in [-0.39, 0.29) is 0 Å². The van der Waals surface area contributed by atoms with Gasteiger partial charge in [-0.3, -0.25) is 0 Å². The zero-order chi connectivity index (χ0) is 19.1. The molecule has 0 radical (unpaired) electrons. The van der Waals surface area contributed by atoms with Crippen LogP contribution in [-0.2, 0) is 12.8 Å². The Morgan fingerprint density at radius 1 is 1.00 bits per heavy atom. The molecule has 0 saturated heterocycles. The van der Waals surface area contributed by atoms with Gasteiger partial charge in [-0.05, 0) is 68.3 Å². The summed E-state index contributed by atoms with van der Waals surface area (Å²) in [4.78, 5) is 2.42. The van der Waals surface area contributed by atoms with E-state index < -0.39 is 0 Å². The minimum absolute atomic E-state index is 0.590. The number of hydrogen-bond acceptors (Lipinski definition) is 1. The molecule has 2 heterocycles. The predicted molar refractivity (Wildman–Crippen MR) is 118 cm³/mol. The Bertz CT molecular complexity index is 1050. The average molecular weight is 399 g/mol. The second-order valence-corrected chi connectivity index (χ2v) is 8.37. The molecule has 4 rings (SSSR count). The zero-order valence-electron chi connectivity index (χ0n) is 16.0. The van der Waals surface area contributed by atoms with Gasteiger partial charge in [0.1, 0.15) is 0 Å². The van der Waals surface area contributed by atoms with Crippen LogP contribution >= 0.6 is 23.2 Å². The van der Waals surface area contributed by atoms with Crippen LogP contribution in [0.5, 0.6) is 0 Å². The number of benzene rings is 2. The summed E-state index contributed by atoms with van der Waals surface area (Å²) < 4.78 is 2.39. The first-order chi connectivity index (χ1) is 12.9. The van der Waals surface area contributed by atoms with Crippen molar-refractivity contribution in [2.75, 3.05) is 20.1 Å². The van der Waals surface area contributed by atoms with Gasteiger partial charge in [0.15, 0.2) is 0 Å². The number of hydrogen-bond donors (Lipinski definition) is 0. The Morgan fingerprint density at radius 2 is 1.78 bits per heavy atom. The second kappa shape index (κ2) is 7.35. The van der Waals surface area contributed by atoms with Crippen LogP contribution in [0.25, 0.3) is 22.7 Å². The summed E-state index contributed by atoms with van der Waals surface area (Å²) in [6.07, 6.45) is 4.41. The van der Waals surface area contributed by atoms with Crippen molar-refractivity contribution in [1.29, 1.82) is 0 Å². The number of fused-ring (bicyclic) bond motifs is 3. The van der Waals surface area contributed by atoms with Crippen molar-refractivity contribution in [2.45, 2.75) is 26.7 Å². The van der Waals surface area contributed by atoms with E-state index in [1.807, 2.05) is 18.2 Å². The smallest absolute Gasteiger partial charge is 0.0598 e. The molecule has 1 aromatic heterocycles. The Balaban J connectivity index is 1.89. The fourth-order valence-corrected chi connectivity index (χ4v) is 4.26. The van der Waals surface area contributed by atoms with E-state index in [0.717, 1.165) is 31.5 Å². The van der Waals surface area contributed by atoms with Gasteiger partial charge in [-0.25, -0.2) is 0 Å². The number of likely N-dealkylation sites (N-methyl/N-ethyl adjacent to an activating group) is 1. The summed E-state index contributed by atoms with van der Waals surface area (Å²) in [6, 6.07) is 12.6. The molecule has 0 atom stereocenters. The van der Waals surface area contributed by atoms with Gasteiger partial charge in [-0.15, -0.1) is 0 Å². The third-order valence-corrected chi connectivity index (χ3v) is 6.29. The van der Waals surface area contributed by atoms with E-state index in [2.05, 4.69) is 54.8 Å². The molecule has 0 N–H and O–H groups in total. The van der Waals surface area contributed by atoms with Crippen molar-refractivity contribution >= 4 is 45.9 Å². The summed E-state index contributed by atoms with van der Waals surface area (Å²) in [6.45, 7) is 6.50. The summed E-state index contributed by atoms with van der Waals surface area (Å²) in [5, 5.41) is 2.57. The molecular formula is C23H24Cl2N2. The quantitative estimate of drug-likeness (QED) is 0.491. The molecule has 0 saturated carbocycles. The molecule has 0 bridgehead atoms. The van der Waals surface area contributed by atoms with Gasteiger partial charge < -0.3 is 9.47 Å². The van der Waals surface area contributed by atoms with E-state index in [1.54, 1.807) is 0 Å². The highest BCUT2D eigenvalue weighted by molar-refractivity contribution is 6.42. The van der Waals surface area contributed by atoms with E-state index in [4.69, 9.17) is 23.2 Å². The lowest BCUT2D eigenvalue weighted by Gasteiger charge is -2.13. The fourth-order valence-electron chi connectivity index (χ4n) is 3.97. The number of rotatable bonds is 2. The van der Waals surface area contributed by atoms with Crippen LogP contribution in [0.15, 0.2) is 36.4 Å². The molecule has 3 aromatic rings. The van der Waals surface area contributed by atoms with E-state index in [0.29, 0.717) is 10.0 Å². The lowest BCUT2D eigenvalue weighted by atomic mass is 10.1. The molecule has 1 aliphatic rings. The molecular weight excluding hydrogens is 375 g/mol. The van der Waals surface area contributed by atoms with Crippen molar-refractivity contribution < 1.29 is 0 Å². The van der Waals surface area contributed by atoms with Gasteiger partial charge in [-0.2, -0.15) is 0 Å². The molecule has 140 valence electrons. The normalized spacial score (nSPS) is 15.8. The van der Waals surface area contributed by atoms with Crippen LogP contribution in [0.2, 0.25) is 10.0 Å². The third-order valence-electron chi connectivity index (χ3n) is 5.55. The van der Waals surface area contributed by atoms with Gasteiger partial charge in [0.25, 0.3) is 0 Å². The number of aryl methyl sites for hydroxylation is 1. The topological polar surface area (TPSA) is 8.17 Å². The molecule has 2 aromatic carbocycles. The van der Waals surface area contributed by atoms with Crippen molar-refractivity contribution in [3.8, 4) is 0 Å². The Labute approximate surface area is 171 Å². The second-order valence-electron chi connectivity index (χ2n) is 7.56. The van der Waals surface area contributed by atoms with Crippen LogP contribution in [0.4, 0.5) is 0 Å². The molecule has 0 amide bonds. The predicted octanol–water partition coefficient (Wildman–Crippen LogP) is 6.30. The molecule has 0 aliphatic carbocycles. The van der Waals surface area contributed by atoms with Gasteiger partial charge in [0.2, 0.25) is 0 Å². The first-order valence-corrected chi connectivity index (χ1v) is 10.1. The molecule has 27 heavy (non-hydrogen) atoms. The monoisotopic (exact) mass is 398 g/mol. The number of aromatic nitrogens is 1. The number of allylic oxidation sites excluding steroid dienone is 1. The van der Waals surface area contributed by atoms with Crippen LogP contribution in [0.3, 0.4) is 0 Å². The highest BCUT2D eigenvalue weighted by atomic mass is 35.5. The van der Waals surface area contributed by atoms with Crippen molar-refractivity contribution in [3.63, 3.8) is 0 Å². The first kappa shape index (κ1) is 18.6. The van der Waals surface area contributed by atoms with E-state index in [9.17, 15) is 0 Å². The molecule has 0 spiro atoms. The highest BCUT2D eigenvalue weighted by Crippen LogP contribution is 2.32. The largest absolute Gasteiger partial charge is 0.320 e. The van der Waals surface area contributed by atoms with Crippen molar-refractivity contribution in [2.24, 2.45) is 0 Å². The molecule has 1 aliphatic heterocycles. The van der Waals surface area contributed by atoms with Gasteiger partial charge in [-0.1, -0.05) is 40.9 Å². The summed E-state index contributed by atoms with van der Waals surface area (Å²) in [7, 11) is 2.21. The Morgan fingerprint density at radius 3 is 2.56 bits per heavy atom. The SMILES string of the molecule is CC(=Cn1c2c(c3cc(C)ccc31)CCN(C)CC2)c1ccc(Cl)c(Cl)c1. The first-order valence-electron chi connectivity index (χ1n) is 9.38. The molecule has 0 fully saturated rings. The summed E-state index contributed by atoms with van der Waals surface area (Å²) >= 11 is 12.3. The van der Waals surface area contributed by atoms with Crippen LogP contribution in [0.1, 0.15) is 29.3 Å². The Kier molecular flexibility index (Phi) is 5.07. The van der Waals surface area contributed by atoms with Crippen molar-refractivity contribution in [3.05, 3.63) is 68.8 Å². The lowest BCUT2D eigenvalue weighted by Crippen LogP contribution is -2.21. The number of nitrogens with zero attached hydrogens (tertiary/aromatic N) is 2. The minimum atomic E-state index is 0.590. The minimum Gasteiger partial charge on any atom is -0.320 e. The molecule has 0 unspecified atom stereocenters. The number of halogens is 2. The maximum absolute atomic E-state index is 6.23. The maximum atomic E-state index is 6.23. The van der Waals surface area contributed by atoms with Crippen LogP contribution in [-0.4, -0.2) is 29.6 Å². The van der Waals surface area contributed by atoms with E-state index >= 15 is 0 Å². The summed E-state index contributed by atoms with van der Waals surface area (Å²) in [5.74, 6) is 0. The Hall–Kier alpha value is -1.74. The molecule has 4 heteroatoms. The van der Waals surface area contributed by atoms with Gasteiger partial charge >= 0.3 is 0 Å². The van der Waals surface area contributed by atoms with Crippen LogP contribution in [0, 0.1) is 6.92 Å². The van der Waals surface area contributed by atoms with Gasteiger partial charge in [0.05, 0.1) is 15.6 Å². The highest BCUT2D eigenvalue weighted by Gasteiger charge is 2.20. The van der Waals surface area contributed by atoms with Crippen molar-refractivity contribution in [1.82, 2.24) is 9.47 Å². The van der Waals surface area contributed by atoms with Crippen LogP contribution < -0.4 is 0 Å².